The van der Waals surface area contributed by atoms with Crippen LogP contribution in [0.2, 0.25) is 0 Å². The standard InChI is InChI=1S/C12H20BrN3/c1-8-5-4-6-9(8)11(14-2)12-10(13)7-15-16(12)3/h7-9,11,14H,4-6H2,1-3H3. The summed E-state index contributed by atoms with van der Waals surface area (Å²) in [6.45, 7) is 2.37. The molecule has 4 heteroatoms. The zero-order valence-electron chi connectivity index (χ0n) is 10.2. The van der Waals surface area contributed by atoms with Gasteiger partial charge in [0.25, 0.3) is 0 Å². The normalized spacial score (nSPS) is 27.2. The molecule has 1 N–H and O–H groups in total. The Labute approximate surface area is 106 Å². The molecule has 1 aliphatic carbocycles. The van der Waals surface area contributed by atoms with Crippen LogP contribution in [0.4, 0.5) is 0 Å². The fraction of sp³-hybridized carbons (Fsp3) is 0.750. The number of nitrogens with one attached hydrogen (secondary N) is 1. The van der Waals surface area contributed by atoms with Gasteiger partial charge >= 0.3 is 0 Å². The van der Waals surface area contributed by atoms with Gasteiger partial charge in [-0.1, -0.05) is 19.8 Å². The molecule has 1 heterocycles. The van der Waals surface area contributed by atoms with Gasteiger partial charge in [0.15, 0.2) is 0 Å². The number of hydrogen-bond donors (Lipinski definition) is 1. The summed E-state index contributed by atoms with van der Waals surface area (Å²) in [6, 6.07) is 0.416. The SMILES string of the molecule is CNC(c1c(Br)cnn1C)C1CCCC1C. The van der Waals surface area contributed by atoms with E-state index in [0.29, 0.717) is 6.04 Å². The lowest BCUT2D eigenvalue weighted by molar-refractivity contribution is 0.303. The van der Waals surface area contributed by atoms with Gasteiger partial charge in [-0.3, -0.25) is 4.68 Å². The maximum Gasteiger partial charge on any atom is 0.0695 e. The molecular weight excluding hydrogens is 266 g/mol. The molecule has 3 atom stereocenters. The van der Waals surface area contributed by atoms with Crippen molar-refractivity contribution in [2.24, 2.45) is 18.9 Å². The first-order chi connectivity index (χ1) is 7.65. The van der Waals surface area contributed by atoms with Crippen molar-refractivity contribution in [3.05, 3.63) is 16.4 Å². The fourth-order valence-corrected chi connectivity index (χ4v) is 3.59. The summed E-state index contributed by atoms with van der Waals surface area (Å²) in [4.78, 5) is 0. The molecule has 1 saturated carbocycles. The maximum absolute atomic E-state index is 4.31. The smallest absolute Gasteiger partial charge is 0.0695 e. The van der Waals surface area contributed by atoms with Crippen molar-refractivity contribution in [1.29, 1.82) is 0 Å². The van der Waals surface area contributed by atoms with Crippen LogP contribution in [-0.2, 0) is 7.05 Å². The van der Waals surface area contributed by atoms with Gasteiger partial charge in [-0.05, 0) is 41.2 Å². The van der Waals surface area contributed by atoms with E-state index < -0.39 is 0 Å². The van der Waals surface area contributed by atoms with Crippen molar-refractivity contribution in [3.63, 3.8) is 0 Å². The summed E-state index contributed by atoms with van der Waals surface area (Å²) in [5, 5.41) is 7.78. The monoisotopic (exact) mass is 285 g/mol. The van der Waals surface area contributed by atoms with Crippen molar-refractivity contribution in [1.82, 2.24) is 15.1 Å². The van der Waals surface area contributed by atoms with Crippen LogP contribution in [0.15, 0.2) is 10.7 Å². The van der Waals surface area contributed by atoms with Gasteiger partial charge in [0.05, 0.1) is 22.4 Å². The van der Waals surface area contributed by atoms with Gasteiger partial charge < -0.3 is 5.32 Å². The van der Waals surface area contributed by atoms with Crippen LogP contribution in [-0.4, -0.2) is 16.8 Å². The third kappa shape index (κ3) is 2.05. The molecule has 1 aromatic heterocycles. The highest BCUT2D eigenvalue weighted by Crippen LogP contribution is 2.41. The van der Waals surface area contributed by atoms with E-state index in [1.807, 2.05) is 17.9 Å². The van der Waals surface area contributed by atoms with Crippen LogP contribution in [0.3, 0.4) is 0 Å². The van der Waals surface area contributed by atoms with E-state index in [9.17, 15) is 0 Å². The average Bonchev–Trinajstić information content (AvgIpc) is 2.80. The highest BCUT2D eigenvalue weighted by molar-refractivity contribution is 9.10. The summed E-state index contributed by atoms with van der Waals surface area (Å²) >= 11 is 3.60. The first kappa shape index (κ1) is 12.1. The first-order valence-electron chi connectivity index (χ1n) is 5.99. The average molecular weight is 286 g/mol. The van der Waals surface area contributed by atoms with E-state index in [2.05, 4.69) is 40.3 Å². The van der Waals surface area contributed by atoms with Gasteiger partial charge in [0.1, 0.15) is 0 Å². The molecule has 1 aliphatic rings. The van der Waals surface area contributed by atoms with Crippen LogP contribution >= 0.6 is 15.9 Å². The largest absolute Gasteiger partial charge is 0.311 e. The highest BCUT2D eigenvalue weighted by atomic mass is 79.9. The third-order valence-corrected chi connectivity index (χ3v) is 4.51. The molecule has 0 spiro atoms. The minimum atomic E-state index is 0.416. The molecule has 2 rings (SSSR count). The Morgan fingerprint density at radius 1 is 1.56 bits per heavy atom. The van der Waals surface area contributed by atoms with Gasteiger partial charge in [-0.15, -0.1) is 0 Å². The molecule has 90 valence electrons. The molecule has 0 bridgehead atoms. The van der Waals surface area contributed by atoms with E-state index >= 15 is 0 Å². The Hall–Kier alpha value is -0.350. The molecule has 0 amide bonds. The van der Waals surface area contributed by atoms with Gasteiger partial charge in [0.2, 0.25) is 0 Å². The predicted octanol–water partition coefficient (Wildman–Crippen LogP) is 2.88. The van der Waals surface area contributed by atoms with E-state index in [-0.39, 0.29) is 0 Å². The van der Waals surface area contributed by atoms with Crippen molar-refractivity contribution in [2.45, 2.75) is 32.2 Å². The quantitative estimate of drug-likeness (QED) is 0.926. The number of aromatic nitrogens is 2. The summed E-state index contributed by atoms with van der Waals surface area (Å²) in [7, 11) is 4.07. The number of hydrogen-bond acceptors (Lipinski definition) is 2. The van der Waals surface area contributed by atoms with E-state index in [4.69, 9.17) is 0 Å². The molecule has 16 heavy (non-hydrogen) atoms. The number of halogens is 1. The second-order valence-electron chi connectivity index (χ2n) is 4.84. The second-order valence-corrected chi connectivity index (χ2v) is 5.69. The Kier molecular flexibility index (Phi) is 3.70. The van der Waals surface area contributed by atoms with Gasteiger partial charge in [0, 0.05) is 7.05 Å². The molecule has 1 fully saturated rings. The lowest BCUT2D eigenvalue weighted by atomic mass is 9.88. The summed E-state index contributed by atoms with van der Waals surface area (Å²) in [5.41, 5.74) is 1.28. The Balaban J connectivity index is 2.28. The fourth-order valence-electron chi connectivity index (χ4n) is 2.99. The highest BCUT2D eigenvalue weighted by Gasteiger charge is 2.33. The Morgan fingerprint density at radius 2 is 2.31 bits per heavy atom. The molecule has 0 radical (unpaired) electrons. The maximum atomic E-state index is 4.31. The lowest BCUT2D eigenvalue weighted by Gasteiger charge is -2.27. The van der Waals surface area contributed by atoms with Crippen LogP contribution in [0, 0.1) is 11.8 Å². The lowest BCUT2D eigenvalue weighted by Crippen LogP contribution is -2.29. The second kappa shape index (κ2) is 4.88. The Bertz CT molecular complexity index is 342. The van der Waals surface area contributed by atoms with Crippen LogP contribution in [0.25, 0.3) is 0 Å². The minimum absolute atomic E-state index is 0.416. The van der Waals surface area contributed by atoms with E-state index in [1.165, 1.54) is 25.0 Å². The van der Waals surface area contributed by atoms with E-state index in [0.717, 1.165) is 16.3 Å². The zero-order valence-corrected chi connectivity index (χ0v) is 11.8. The topological polar surface area (TPSA) is 29.9 Å². The first-order valence-corrected chi connectivity index (χ1v) is 6.79. The molecule has 1 aromatic rings. The third-order valence-electron chi connectivity index (χ3n) is 3.90. The molecule has 0 aromatic carbocycles. The zero-order chi connectivity index (χ0) is 11.7. The molecular formula is C12H20BrN3. The molecule has 3 unspecified atom stereocenters. The minimum Gasteiger partial charge on any atom is -0.311 e. The number of aryl methyl sites for hydroxylation is 1. The summed E-state index contributed by atoms with van der Waals surface area (Å²) in [6.07, 6.45) is 5.93. The summed E-state index contributed by atoms with van der Waals surface area (Å²) in [5.74, 6) is 1.54. The van der Waals surface area contributed by atoms with Crippen LogP contribution in [0.5, 0.6) is 0 Å². The van der Waals surface area contributed by atoms with Crippen molar-refractivity contribution >= 4 is 15.9 Å². The Morgan fingerprint density at radius 3 is 2.75 bits per heavy atom. The van der Waals surface area contributed by atoms with E-state index in [1.54, 1.807) is 0 Å². The van der Waals surface area contributed by atoms with Crippen molar-refractivity contribution in [2.75, 3.05) is 7.05 Å². The van der Waals surface area contributed by atoms with Crippen LogP contribution < -0.4 is 5.32 Å². The van der Waals surface area contributed by atoms with Gasteiger partial charge in [-0.2, -0.15) is 5.10 Å². The summed E-state index contributed by atoms with van der Waals surface area (Å²) < 4.78 is 3.10. The van der Waals surface area contributed by atoms with Crippen molar-refractivity contribution in [3.8, 4) is 0 Å². The van der Waals surface area contributed by atoms with Crippen molar-refractivity contribution < 1.29 is 0 Å². The molecule has 0 saturated heterocycles. The predicted molar refractivity (Wildman–Crippen MR) is 69.2 cm³/mol. The van der Waals surface area contributed by atoms with Crippen LogP contribution in [0.1, 0.15) is 37.9 Å². The molecule has 0 aliphatic heterocycles. The molecule has 3 nitrogen and oxygen atoms in total. The number of rotatable bonds is 3. The number of nitrogens with zero attached hydrogens (tertiary/aromatic N) is 2. The van der Waals surface area contributed by atoms with Gasteiger partial charge in [-0.25, -0.2) is 0 Å².